The first kappa shape index (κ1) is 15.3. The predicted octanol–water partition coefficient (Wildman–Crippen LogP) is 2.99. The molecule has 0 aliphatic heterocycles. The van der Waals surface area contributed by atoms with E-state index in [9.17, 15) is 0 Å². The molecule has 3 heteroatoms. The summed E-state index contributed by atoms with van der Waals surface area (Å²) in [5.74, 6) is 0.960. The van der Waals surface area contributed by atoms with Gasteiger partial charge in [0.05, 0.1) is 7.11 Å². The summed E-state index contributed by atoms with van der Waals surface area (Å²) in [6, 6.07) is 7.00. The van der Waals surface area contributed by atoms with Crippen LogP contribution in [-0.4, -0.2) is 32.1 Å². The highest BCUT2D eigenvalue weighted by Crippen LogP contribution is 2.36. The Morgan fingerprint density at radius 3 is 2.80 bits per heavy atom. The SMILES string of the molecule is COc1ccc2c(c1)C(N(C)CC(C)(C)CN)CCC2. The average molecular weight is 276 g/mol. The maximum Gasteiger partial charge on any atom is 0.119 e. The maximum atomic E-state index is 5.88. The molecule has 3 nitrogen and oxygen atoms in total. The number of hydrogen-bond acceptors (Lipinski definition) is 3. The molecule has 1 aliphatic carbocycles. The largest absolute Gasteiger partial charge is 0.497 e. The molecular formula is C17H28N2O. The van der Waals surface area contributed by atoms with Gasteiger partial charge in [-0.2, -0.15) is 0 Å². The fourth-order valence-electron chi connectivity index (χ4n) is 3.19. The normalized spacial score (nSPS) is 19.0. The molecule has 0 radical (unpaired) electrons. The fraction of sp³-hybridized carbons (Fsp3) is 0.647. The van der Waals surface area contributed by atoms with Crippen molar-refractivity contribution >= 4 is 0 Å². The molecule has 0 heterocycles. The summed E-state index contributed by atoms with van der Waals surface area (Å²) >= 11 is 0. The van der Waals surface area contributed by atoms with Gasteiger partial charge in [-0.3, -0.25) is 4.90 Å². The Bertz CT molecular complexity index is 456. The van der Waals surface area contributed by atoms with Crippen molar-refractivity contribution in [3.63, 3.8) is 0 Å². The van der Waals surface area contributed by atoms with Crippen molar-refractivity contribution in [2.24, 2.45) is 11.1 Å². The van der Waals surface area contributed by atoms with E-state index in [1.807, 2.05) is 0 Å². The van der Waals surface area contributed by atoms with Crippen LogP contribution >= 0.6 is 0 Å². The zero-order valence-corrected chi connectivity index (χ0v) is 13.3. The Morgan fingerprint density at radius 1 is 1.40 bits per heavy atom. The molecule has 1 aromatic rings. The van der Waals surface area contributed by atoms with Gasteiger partial charge in [-0.25, -0.2) is 0 Å². The maximum absolute atomic E-state index is 5.88. The van der Waals surface area contributed by atoms with Crippen molar-refractivity contribution in [2.75, 3.05) is 27.2 Å². The first-order valence-corrected chi connectivity index (χ1v) is 7.54. The number of nitrogens with zero attached hydrogens (tertiary/aromatic N) is 1. The third-order valence-electron chi connectivity index (χ3n) is 4.40. The molecular weight excluding hydrogens is 248 g/mol. The Balaban J connectivity index is 2.22. The van der Waals surface area contributed by atoms with Crippen LogP contribution in [0.5, 0.6) is 5.75 Å². The second-order valence-corrected chi connectivity index (χ2v) is 6.76. The number of rotatable bonds is 5. The Hall–Kier alpha value is -1.06. The van der Waals surface area contributed by atoms with Crippen LogP contribution in [0.1, 0.15) is 43.9 Å². The molecule has 2 rings (SSSR count). The quantitative estimate of drug-likeness (QED) is 0.898. The summed E-state index contributed by atoms with van der Waals surface area (Å²) in [7, 11) is 3.96. The van der Waals surface area contributed by atoms with Crippen LogP contribution in [0.2, 0.25) is 0 Å². The average Bonchev–Trinajstić information content (AvgIpc) is 2.45. The van der Waals surface area contributed by atoms with E-state index in [2.05, 4.69) is 44.0 Å². The lowest BCUT2D eigenvalue weighted by atomic mass is 9.85. The number of aryl methyl sites for hydroxylation is 1. The lowest BCUT2D eigenvalue weighted by Gasteiger charge is -2.37. The number of ether oxygens (including phenoxy) is 1. The molecule has 112 valence electrons. The van der Waals surface area contributed by atoms with Gasteiger partial charge in [-0.05, 0) is 61.5 Å². The molecule has 1 atom stereocenters. The number of benzene rings is 1. The third kappa shape index (κ3) is 3.33. The van der Waals surface area contributed by atoms with Crippen LogP contribution in [0.25, 0.3) is 0 Å². The zero-order valence-electron chi connectivity index (χ0n) is 13.3. The van der Waals surface area contributed by atoms with Gasteiger partial charge in [0.25, 0.3) is 0 Å². The second kappa shape index (κ2) is 6.15. The van der Waals surface area contributed by atoms with Crippen LogP contribution in [0.4, 0.5) is 0 Å². The van der Waals surface area contributed by atoms with Gasteiger partial charge in [0, 0.05) is 12.6 Å². The monoisotopic (exact) mass is 276 g/mol. The van der Waals surface area contributed by atoms with E-state index < -0.39 is 0 Å². The molecule has 0 saturated heterocycles. The van der Waals surface area contributed by atoms with Gasteiger partial charge in [-0.1, -0.05) is 19.9 Å². The molecule has 20 heavy (non-hydrogen) atoms. The van der Waals surface area contributed by atoms with Crippen LogP contribution in [-0.2, 0) is 6.42 Å². The highest BCUT2D eigenvalue weighted by Gasteiger charge is 2.27. The summed E-state index contributed by atoms with van der Waals surface area (Å²) < 4.78 is 5.39. The van der Waals surface area contributed by atoms with Gasteiger partial charge >= 0.3 is 0 Å². The van der Waals surface area contributed by atoms with E-state index in [1.54, 1.807) is 7.11 Å². The molecule has 0 fully saturated rings. The summed E-state index contributed by atoms with van der Waals surface area (Å²) in [4.78, 5) is 2.46. The van der Waals surface area contributed by atoms with E-state index in [0.29, 0.717) is 6.04 Å². The lowest BCUT2D eigenvalue weighted by Crippen LogP contribution is -2.39. The minimum absolute atomic E-state index is 0.158. The van der Waals surface area contributed by atoms with Crippen LogP contribution in [0, 0.1) is 5.41 Å². The Kier molecular flexibility index (Phi) is 4.71. The molecule has 0 amide bonds. The summed E-state index contributed by atoms with van der Waals surface area (Å²) in [6.07, 6.45) is 3.67. The second-order valence-electron chi connectivity index (χ2n) is 6.76. The standard InChI is InChI=1S/C17H28N2O/c1-17(2,11-18)12-19(3)16-7-5-6-13-8-9-14(20-4)10-15(13)16/h8-10,16H,5-7,11-12,18H2,1-4H3. The van der Waals surface area contributed by atoms with Crippen molar-refractivity contribution in [3.8, 4) is 5.75 Å². The fourth-order valence-corrected chi connectivity index (χ4v) is 3.19. The van der Waals surface area contributed by atoms with Gasteiger partial charge in [0.15, 0.2) is 0 Å². The number of nitrogens with two attached hydrogens (primary N) is 1. The van der Waals surface area contributed by atoms with Crippen molar-refractivity contribution in [1.29, 1.82) is 0 Å². The van der Waals surface area contributed by atoms with E-state index >= 15 is 0 Å². The van der Waals surface area contributed by atoms with Gasteiger partial charge < -0.3 is 10.5 Å². The Labute approximate surface area is 123 Å². The summed E-state index contributed by atoms with van der Waals surface area (Å²) in [5.41, 5.74) is 8.94. The van der Waals surface area contributed by atoms with Crippen LogP contribution in [0.15, 0.2) is 18.2 Å². The van der Waals surface area contributed by atoms with Crippen molar-refractivity contribution in [2.45, 2.75) is 39.2 Å². The van der Waals surface area contributed by atoms with E-state index in [0.717, 1.165) is 18.8 Å². The summed E-state index contributed by atoms with van der Waals surface area (Å²) in [6.45, 7) is 6.21. The van der Waals surface area contributed by atoms with E-state index in [4.69, 9.17) is 10.5 Å². The Morgan fingerprint density at radius 2 is 2.15 bits per heavy atom. The van der Waals surface area contributed by atoms with Gasteiger partial charge in [0.1, 0.15) is 5.75 Å². The predicted molar refractivity (Wildman–Crippen MR) is 84.1 cm³/mol. The van der Waals surface area contributed by atoms with Gasteiger partial charge in [-0.15, -0.1) is 0 Å². The topological polar surface area (TPSA) is 38.5 Å². The number of methoxy groups -OCH3 is 1. The first-order chi connectivity index (χ1) is 9.46. The van der Waals surface area contributed by atoms with Crippen molar-refractivity contribution in [1.82, 2.24) is 4.90 Å². The number of hydrogen-bond donors (Lipinski definition) is 1. The highest BCUT2D eigenvalue weighted by atomic mass is 16.5. The van der Waals surface area contributed by atoms with E-state index in [1.165, 1.54) is 30.4 Å². The van der Waals surface area contributed by atoms with Crippen molar-refractivity contribution < 1.29 is 4.74 Å². The molecule has 2 N–H and O–H groups in total. The molecule has 0 bridgehead atoms. The number of fused-ring (bicyclic) bond motifs is 1. The molecule has 1 aliphatic rings. The highest BCUT2D eigenvalue weighted by molar-refractivity contribution is 5.39. The minimum Gasteiger partial charge on any atom is -0.497 e. The molecule has 0 saturated carbocycles. The minimum atomic E-state index is 0.158. The third-order valence-corrected chi connectivity index (χ3v) is 4.40. The first-order valence-electron chi connectivity index (χ1n) is 7.54. The van der Waals surface area contributed by atoms with E-state index in [-0.39, 0.29) is 5.41 Å². The molecule has 1 unspecified atom stereocenters. The van der Waals surface area contributed by atoms with Crippen molar-refractivity contribution in [3.05, 3.63) is 29.3 Å². The zero-order chi connectivity index (χ0) is 14.8. The van der Waals surface area contributed by atoms with Crippen LogP contribution < -0.4 is 10.5 Å². The molecule has 0 aromatic heterocycles. The van der Waals surface area contributed by atoms with Gasteiger partial charge in [0.2, 0.25) is 0 Å². The lowest BCUT2D eigenvalue weighted by molar-refractivity contribution is 0.152. The smallest absolute Gasteiger partial charge is 0.119 e. The van der Waals surface area contributed by atoms with Crippen LogP contribution in [0.3, 0.4) is 0 Å². The molecule has 1 aromatic carbocycles. The summed E-state index contributed by atoms with van der Waals surface area (Å²) in [5, 5.41) is 0. The molecule has 0 spiro atoms.